The van der Waals surface area contributed by atoms with Gasteiger partial charge in [-0.3, -0.25) is 14.6 Å². The van der Waals surface area contributed by atoms with E-state index in [9.17, 15) is 9.59 Å². The predicted octanol–water partition coefficient (Wildman–Crippen LogP) is 1.78. The first-order valence-corrected chi connectivity index (χ1v) is 7.75. The molecule has 126 valence electrons. The fourth-order valence-electron chi connectivity index (χ4n) is 2.11. The zero-order valence-electron chi connectivity index (χ0n) is 13.6. The maximum absolute atomic E-state index is 12.2. The van der Waals surface area contributed by atoms with Gasteiger partial charge in [-0.2, -0.15) is 0 Å². The number of carbonyl (C=O) groups excluding carboxylic acids is 2. The van der Waals surface area contributed by atoms with Crippen molar-refractivity contribution in [3.05, 3.63) is 65.5 Å². The number of hydrogen-bond acceptors (Lipinski definition) is 4. The van der Waals surface area contributed by atoms with Crippen LogP contribution in [0, 0.1) is 0 Å². The van der Waals surface area contributed by atoms with Crippen LogP contribution in [0.15, 0.2) is 48.8 Å². The van der Waals surface area contributed by atoms with Gasteiger partial charge in [-0.05, 0) is 36.2 Å². The molecule has 0 spiro atoms. The highest BCUT2D eigenvalue weighted by Crippen LogP contribution is 2.06. The molecule has 0 aliphatic rings. The number of amides is 2. The smallest absolute Gasteiger partial charge is 0.251 e. The maximum Gasteiger partial charge on any atom is 0.251 e. The Morgan fingerprint density at radius 1 is 1.08 bits per heavy atom. The van der Waals surface area contributed by atoms with Gasteiger partial charge in [-0.15, -0.1) is 0 Å². The largest absolute Gasteiger partial charge is 0.385 e. The van der Waals surface area contributed by atoms with E-state index in [0.29, 0.717) is 30.8 Å². The van der Waals surface area contributed by atoms with Crippen LogP contribution < -0.4 is 10.6 Å². The van der Waals surface area contributed by atoms with Crippen molar-refractivity contribution in [1.82, 2.24) is 15.6 Å². The fraction of sp³-hybridized carbons (Fsp3) is 0.278. The summed E-state index contributed by atoms with van der Waals surface area (Å²) in [5.41, 5.74) is 1.82. The molecule has 1 aromatic heterocycles. The van der Waals surface area contributed by atoms with Gasteiger partial charge in [0, 0.05) is 50.3 Å². The minimum atomic E-state index is -0.229. The summed E-state index contributed by atoms with van der Waals surface area (Å²) in [4.78, 5) is 28.3. The van der Waals surface area contributed by atoms with E-state index in [1.807, 2.05) is 12.1 Å². The van der Waals surface area contributed by atoms with E-state index in [-0.39, 0.29) is 11.8 Å². The highest BCUT2D eigenvalue weighted by Gasteiger charge is 2.10. The van der Waals surface area contributed by atoms with Gasteiger partial charge in [0.1, 0.15) is 0 Å². The molecule has 0 aliphatic carbocycles. The fourth-order valence-corrected chi connectivity index (χ4v) is 2.11. The Labute approximate surface area is 141 Å². The zero-order valence-corrected chi connectivity index (χ0v) is 13.6. The second-order valence-electron chi connectivity index (χ2n) is 5.23. The Kier molecular flexibility index (Phi) is 6.91. The average Bonchev–Trinajstić information content (AvgIpc) is 2.64. The summed E-state index contributed by atoms with van der Waals surface area (Å²) in [7, 11) is 1.62. The Bertz CT molecular complexity index is 674. The highest BCUT2D eigenvalue weighted by molar-refractivity contribution is 5.99. The molecule has 2 amide bonds. The van der Waals surface area contributed by atoms with Crippen LogP contribution in [0.25, 0.3) is 0 Å². The maximum atomic E-state index is 12.2. The van der Waals surface area contributed by atoms with E-state index in [0.717, 1.165) is 12.0 Å². The third kappa shape index (κ3) is 5.48. The van der Waals surface area contributed by atoms with Crippen LogP contribution in [0.1, 0.15) is 32.7 Å². The number of carbonyl (C=O) groups is 2. The van der Waals surface area contributed by atoms with E-state index >= 15 is 0 Å². The molecule has 0 bridgehead atoms. The van der Waals surface area contributed by atoms with Crippen LogP contribution in [0.3, 0.4) is 0 Å². The lowest BCUT2D eigenvalue weighted by atomic mass is 10.1. The molecule has 0 radical (unpaired) electrons. The van der Waals surface area contributed by atoms with Crippen LogP contribution in [0.5, 0.6) is 0 Å². The summed E-state index contributed by atoms with van der Waals surface area (Å²) >= 11 is 0. The van der Waals surface area contributed by atoms with E-state index in [1.54, 1.807) is 43.8 Å². The standard InChI is InChI=1S/C18H21N3O3/c1-24-10-4-9-20-17(22)15-6-2-7-16(11-15)18(23)21-13-14-5-3-8-19-12-14/h2-3,5-8,11-12H,4,9-10,13H2,1H3,(H,20,22)(H,21,23). The van der Waals surface area contributed by atoms with Crippen LogP contribution in [-0.4, -0.2) is 37.1 Å². The number of pyridine rings is 1. The normalized spacial score (nSPS) is 10.2. The summed E-state index contributed by atoms with van der Waals surface area (Å²) in [5.74, 6) is -0.430. The third-order valence-electron chi connectivity index (χ3n) is 3.37. The number of benzene rings is 1. The molecule has 0 saturated heterocycles. The van der Waals surface area contributed by atoms with Gasteiger partial charge in [0.25, 0.3) is 11.8 Å². The highest BCUT2D eigenvalue weighted by atomic mass is 16.5. The lowest BCUT2D eigenvalue weighted by molar-refractivity contribution is 0.0948. The number of ether oxygens (including phenoxy) is 1. The molecule has 0 fully saturated rings. The van der Waals surface area contributed by atoms with Crippen molar-refractivity contribution in [2.45, 2.75) is 13.0 Å². The van der Waals surface area contributed by atoms with E-state index in [1.165, 1.54) is 0 Å². The number of nitrogens with one attached hydrogen (secondary N) is 2. The number of methoxy groups -OCH3 is 1. The molecule has 1 heterocycles. The molecule has 1 aromatic carbocycles. The Morgan fingerprint density at radius 2 is 1.83 bits per heavy atom. The van der Waals surface area contributed by atoms with E-state index in [2.05, 4.69) is 15.6 Å². The number of rotatable bonds is 8. The monoisotopic (exact) mass is 327 g/mol. The van der Waals surface area contributed by atoms with Crippen LogP contribution >= 0.6 is 0 Å². The Balaban J connectivity index is 1.91. The van der Waals surface area contributed by atoms with Gasteiger partial charge in [0.2, 0.25) is 0 Å². The van der Waals surface area contributed by atoms with Gasteiger partial charge in [-0.1, -0.05) is 12.1 Å². The minimum absolute atomic E-state index is 0.201. The summed E-state index contributed by atoms with van der Waals surface area (Å²) in [6.45, 7) is 1.52. The average molecular weight is 327 g/mol. The molecule has 0 aliphatic heterocycles. The summed E-state index contributed by atoms with van der Waals surface area (Å²) < 4.78 is 4.93. The van der Waals surface area contributed by atoms with Crippen LogP contribution in [0.2, 0.25) is 0 Å². The molecule has 2 N–H and O–H groups in total. The van der Waals surface area contributed by atoms with Crippen molar-refractivity contribution in [2.75, 3.05) is 20.3 Å². The molecular formula is C18H21N3O3. The molecule has 24 heavy (non-hydrogen) atoms. The van der Waals surface area contributed by atoms with Crippen molar-refractivity contribution < 1.29 is 14.3 Å². The van der Waals surface area contributed by atoms with Gasteiger partial charge in [0.15, 0.2) is 0 Å². The van der Waals surface area contributed by atoms with Crippen molar-refractivity contribution >= 4 is 11.8 Å². The first kappa shape index (κ1) is 17.6. The van der Waals surface area contributed by atoms with Crippen LogP contribution in [0.4, 0.5) is 0 Å². The summed E-state index contributed by atoms with van der Waals surface area (Å²) in [6.07, 6.45) is 4.12. The first-order chi connectivity index (χ1) is 11.7. The van der Waals surface area contributed by atoms with Gasteiger partial charge < -0.3 is 15.4 Å². The van der Waals surface area contributed by atoms with Crippen molar-refractivity contribution in [2.24, 2.45) is 0 Å². The second kappa shape index (κ2) is 9.42. The Morgan fingerprint density at radius 3 is 2.50 bits per heavy atom. The SMILES string of the molecule is COCCCNC(=O)c1cccc(C(=O)NCc2cccnc2)c1. The molecule has 0 unspecified atom stereocenters. The van der Waals surface area contributed by atoms with Gasteiger partial charge in [-0.25, -0.2) is 0 Å². The van der Waals surface area contributed by atoms with Gasteiger partial charge >= 0.3 is 0 Å². The summed E-state index contributed by atoms with van der Waals surface area (Å²) in [5, 5.41) is 5.61. The Hall–Kier alpha value is -2.73. The van der Waals surface area contributed by atoms with E-state index < -0.39 is 0 Å². The van der Waals surface area contributed by atoms with Crippen molar-refractivity contribution in [1.29, 1.82) is 0 Å². The van der Waals surface area contributed by atoms with E-state index in [4.69, 9.17) is 4.74 Å². The molecule has 2 aromatic rings. The molecule has 6 nitrogen and oxygen atoms in total. The minimum Gasteiger partial charge on any atom is -0.385 e. The first-order valence-electron chi connectivity index (χ1n) is 7.75. The molecule has 0 saturated carbocycles. The summed E-state index contributed by atoms with van der Waals surface area (Å²) in [6, 6.07) is 10.4. The molecule has 0 atom stereocenters. The lowest BCUT2D eigenvalue weighted by Gasteiger charge is -2.08. The van der Waals surface area contributed by atoms with Crippen molar-refractivity contribution in [3.8, 4) is 0 Å². The number of hydrogen-bond donors (Lipinski definition) is 2. The zero-order chi connectivity index (χ0) is 17.2. The quantitative estimate of drug-likeness (QED) is 0.724. The topological polar surface area (TPSA) is 80.3 Å². The third-order valence-corrected chi connectivity index (χ3v) is 3.37. The molecule has 6 heteroatoms. The lowest BCUT2D eigenvalue weighted by Crippen LogP contribution is -2.26. The van der Waals surface area contributed by atoms with Crippen molar-refractivity contribution in [3.63, 3.8) is 0 Å². The number of nitrogens with zero attached hydrogens (tertiary/aromatic N) is 1. The molecule has 2 rings (SSSR count). The molecular weight excluding hydrogens is 306 g/mol. The van der Waals surface area contributed by atoms with Crippen LogP contribution in [-0.2, 0) is 11.3 Å². The van der Waals surface area contributed by atoms with Gasteiger partial charge in [0.05, 0.1) is 0 Å². The second-order valence-corrected chi connectivity index (χ2v) is 5.23. The predicted molar refractivity (Wildman–Crippen MR) is 90.7 cm³/mol. The number of aromatic nitrogens is 1.